The van der Waals surface area contributed by atoms with Gasteiger partial charge in [0.05, 0.1) is 21.4 Å². The summed E-state index contributed by atoms with van der Waals surface area (Å²) < 4.78 is 7.75. The highest BCUT2D eigenvalue weighted by Crippen LogP contribution is 2.27. The molecular weight excluding hydrogens is 489 g/mol. The summed E-state index contributed by atoms with van der Waals surface area (Å²) in [6.07, 6.45) is 1.73. The smallest absolute Gasteiger partial charge is 0.156 e. The van der Waals surface area contributed by atoms with Gasteiger partial charge >= 0.3 is 0 Å². The van der Waals surface area contributed by atoms with E-state index in [1.165, 1.54) is 5.56 Å². The van der Waals surface area contributed by atoms with Gasteiger partial charge in [0, 0.05) is 29.5 Å². The van der Waals surface area contributed by atoms with Crippen molar-refractivity contribution in [2.45, 2.75) is 13.5 Å². The quantitative estimate of drug-likeness (QED) is 0.208. The van der Waals surface area contributed by atoms with Crippen molar-refractivity contribution in [2.75, 3.05) is 0 Å². The summed E-state index contributed by atoms with van der Waals surface area (Å²) >= 11 is 12.1. The van der Waals surface area contributed by atoms with Crippen molar-refractivity contribution in [1.82, 2.24) is 9.78 Å². The summed E-state index contributed by atoms with van der Waals surface area (Å²) in [5.74, 6) is 1.35. The second-order valence-electron chi connectivity index (χ2n) is 8.21. The zero-order valence-corrected chi connectivity index (χ0v) is 21.0. The molecule has 1 aromatic heterocycles. The molecule has 176 valence electrons. The number of ether oxygens (including phenoxy) is 1. The van der Waals surface area contributed by atoms with Crippen molar-refractivity contribution >= 4 is 35.2 Å². The average molecular weight is 510 g/mol. The molecule has 0 saturated carbocycles. The molecule has 0 amide bonds. The average Bonchev–Trinajstić information content (AvgIpc) is 3.34. The van der Waals surface area contributed by atoms with Gasteiger partial charge < -0.3 is 4.74 Å². The summed E-state index contributed by atoms with van der Waals surface area (Å²) in [5.41, 5.74) is 5.66. The molecule has 1 heterocycles. The number of nitrogens with zero attached hydrogens (tertiary/aromatic N) is 3. The summed E-state index contributed by atoms with van der Waals surface area (Å²) in [6.45, 7) is 2.42. The largest absolute Gasteiger partial charge is 0.488 e. The van der Waals surface area contributed by atoms with E-state index in [4.69, 9.17) is 38.0 Å². The van der Waals surface area contributed by atoms with Crippen molar-refractivity contribution in [2.24, 2.45) is 4.99 Å². The topological polar surface area (TPSA) is 39.4 Å². The number of aryl methyl sites for hydroxylation is 1. The zero-order chi connectivity index (χ0) is 24.9. The Morgan fingerprint density at radius 3 is 2.53 bits per heavy atom. The van der Waals surface area contributed by atoms with Gasteiger partial charge in [0.1, 0.15) is 12.4 Å². The maximum atomic E-state index is 6.10. The van der Waals surface area contributed by atoms with Crippen LogP contribution in [0.1, 0.15) is 16.7 Å². The van der Waals surface area contributed by atoms with Gasteiger partial charge in [-0.1, -0.05) is 89.4 Å². The molecule has 0 fully saturated rings. The Kier molecular flexibility index (Phi) is 7.04. The molecule has 6 heteroatoms. The van der Waals surface area contributed by atoms with E-state index in [2.05, 4.69) is 43.3 Å². The molecule has 0 radical (unpaired) electrons. The van der Waals surface area contributed by atoms with Gasteiger partial charge in [-0.05, 0) is 42.8 Å². The third-order valence-corrected chi connectivity index (χ3v) is 6.23. The molecule has 5 rings (SSSR count). The van der Waals surface area contributed by atoms with Crippen LogP contribution in [0.5, 0.6) is 5.75 Å². The lowest BCUT2D eigenvalue weighted by Crippen LogP contribution is -1.96. The van der Waals surface area contributed by atoms with Gasteiger partial charge in [-0.15, -0.1) is 0 Å². The van der Waals surface area contributed by atoms with Gasteiger partial charge in [0.2, 0.25) is 0 Å². The van der Waals surface area contributed by atoms with E-state index in [0.717, 1.165) is 28.1 Å². The monoisotopic (exact) mass is 509 g/mol. The molecular formula is C30H21Cl2N3O. The first-order chi connectivity index (χ1) is 17.5. The van der Waals surface area contributed by atoms with Gasteiger partial charge in [0.15, 0.2) is 5.82 Å². The molecule has 4 aromatic carbocycles. The number of benzene rings is 3. The van der Waals surface area contributed by atoms with Crippen LogP contribution in [0, 0.1) is 19.1 Å². The second-order valence-corrected chi connectivity index (χ2v) is 9.03. The molecule has 5 aromatic rings. The predicted molar refractivity (Wildman–Crippen MR) is 146 cm³/mol. The summed E-state index contributed by atoms with van der Waals surface area (Å²) in [6, 6.07) is 35.3. The van der Waals surface area contributed by atoms with E-state index in [1.807, 2.05) is 53.2 Å². The first-order valence-corrected chi connectivity index (χ1v) is 12.1. The van der Waals surface area contributed by atoms with E-state index < -0.39 is 0 Å². The number of hydrogen-bond acceptors (Lipinski definition) is 3. The Balaban J connectivity index is 1.39. The van der Waals surface area contributed by atoms with Crippen LogP contribution in [0.25, 0.3) is 16.9 Å². The molecule has 0 aliphatic carbocycles. The minimum absolute atomic E-state index is 0.353. The van der Waals surface area contributed by atoms with Crippen LogP contribution < -0.4 is 4.74 Å². The van der Waals surface area contributed by atoms with Crippen molar-refractivity contribution in [3.63, 3.8) is 0 Å². The minimum atomic E-state index is 0.353. The van der Waals surface area contributed by atoms with E-state index in [-0.39, 0.29) is 0 Å². The number of rotatable bonds is 7. The molecule has 4 nitrogen and oxygen atoms in total. The molecule has 36 heavy (non-hydrogen) atoms. The minimum Gasteiger partial charge on any atom is -0.488 e. The van der Waals surface area contributed by atoms with Crippen molar-refractivity contribution in [1.29, 1.82) is 0 Å². The molecule has 0 saturated heterocycles. The SMILES string of the molecule is Cc1ccc(-c2cc(N=Cc3c#ccc(OCc4ccc(Cl)c(Cl)c4)c3)n(-c3ccccc3)n2)cc1. The highest BCUT2D eigenvalue weighted by atomic mass is 35.5. The molecule has 0 N–H and O–H groups in total. The van der Waals surface area contributed by atoms with Crippen LogP contribution in [-0.4, -0.2) is 16.0 Å². The van der Waals surface area contributed by atoms with Gasteiger partial charge in [-0.3, -0.25) is 0 Å². The van der Waals surface area contributed by atoms with Crippen LogP contribution >= 0.6 is 23.2 Å². The fraction of sp³-hybridized carbons (Fsp3) is 0.0667. The highest BCUT2D eigenvalue weighted by molar-refractivity contribution is 6.42. The van der Waals surface area contributed by atoms with E-state index in [9.17, 15) is 0 Å². The number of hydrogen-bond donors (Lipinski definition) is 0. The summed E-state index contributed by atoms with van der Waals surface area (Å²) in [4.78, 5) is 4.73. The highest BCUT2D eigenvalue weighted by Gasteiger charge is 2.10. The number of aromatic nitrogens is 2. The molecule has 0 aliphatic heterocycles. The molecule has 0 unspecified atom stereocenters. The maximum Gasteiger partial charge on any atom is 0.156 e. The van der Waals surface area contributed by atoms with Crippen LogP contribution in [0.3, 0.4) is 0 Å². The Bertz CT molecular complexity index is 1510. The lowest BCUT2D eigenvalue weighted by Gasteiger charge is -2.07. The first kappa shape index (κ1) is 23.7. The van der Waals surface area contributed by atoms with E-state index >= 15 is 0 Å². The second kappa shape index (κ2) is 10.7. The summed E-state index contributed by atoms with van der Waals surface area (Å²) in [5, 5.41) is 5.84. The first-order valence-electron chi connectivity index (χ1n) is 11.3. The fourth-order valence-corrected chi connectivity index (χ4v) is 3.91. The Hall–Kier alpha value is -4.04. The zero-order valence-electron chi connectivity index (χ0n) is 19.5. The Morgan fingerprint density at radius 1 is 0.944 bits per heavy atom. The molecule has 0 atom stereocenters. The maximum absolute atomic E-state index is 6.10. The standard InChI is InChI=1S/C30H21Cl2N3O/c1-21-10-13-24(14-11-21)29-18-30(35(34-29)25-7-3-2-4-8-25)33-19-22-6-5-9-26(16-22)36-20-23-12-15-27(31)28(32)17-23/h2-4,7-19H,20H2,1H3. The van der Waals surface area contributed by atoms with Crippen molar-refractivity contribution in [3.05, 3.63) is 130 Å². The molecule has 0 bridgehead atoms. The fourth-order valence-electron chi connectivity index (χ4n) is 3.59. The Labute approximate surface area is 220 Å². The number of aliphatic imine (C=N–C) groups is 1. The normalized spacial score (nSPS) is 11.0. The number of para-hydroxylation sites is 1. The number of halogens is 2. The lowest BCUT2D eigenvalue weighted by molar-refractivity contribution is 0.306. The molecule has 0 aliphatic rings. The Morgan fingerprint density at radius 2 is 1.75 bits per heavy atom. The van der Waals surface area contributed by atoms with Crippen LogP contribution in [-0.2, 0) is 6.61 Å². The van der Waals surface area contributed by atoms with Gasteiger partial charge in [-0.2, -0.15) is 5.10 Å². The van der Waals surface area contributed by atoms with Crippen LogP contribution in [0.4, 0.5) is 5.82 Å². The lowest BCUT2D eigenvalue weighted by atomic mass is 10.1. The predicted octanol–water partition coefficient (Wildman–Crippen LogP) is 8.08. The summed E-state index contributed by atoms with van der Waals surface area (Å²) in [7, 11) is 0. The van der Waals surface area contributed by atoms with Gasteiger partial charge in [-0.25, -0.2) is 9.67 Å². The van der Waals surface area contributed by atoms with Crippen molar-refractivity contribution in [3.8, 4) is 22.7 Å². The molecule has 0 spiro atoms. The van der Waals surface area contributed by atoms with Crippen molar-refractivity contribution < 1.29 is 4.74 Å². The van der Waals surface area contributed by atoms with Crippen LogP contribution in [0.15, 0.2) is 96.0 Å². The van der Waals surface area contributed by atoms with Crippen LogP contribution in [0.2, 0.25) is 10.0 Å². The van der Waals surface area contributed by atoms with E-state index in [1.54, 1.807) is 24.4 Å². The third kappa shape index (κ3) is 5.60. The third-order valence-electron chi connectivity index (χ3n) is 5.49. The van der Waals surface area contributed by atoms with Gasteiger partial charge in [0.25, 0.3) is 0 Å². The van der Waals surface area contributed by atoms with E-state index in [0.29, 0.717) is 28.2 Å².